The van der Waals surface area contributed by atoms with Gasteiger partial charge in [0.05, 0.1) is 19.8 Å². The van der Waals surface area contributed by atoms with E-state index in [0.717, 1.165) is 35.4 Å². The molecule has 4 rings (SSSR count). The number of nitrogens with one attached hydrogen (secondary N) is 2. The first kappa shape index (κ1) is 16.3. The van der Waals surface area contributed by atoms with Crippen LogP contribution in [0.3, 0.4) is 0 Å². The molecule has 0 bridgehead atoms. The third-order valence-corrected chi connectivity index (χ3v) is 6.22. The van der Waals surface area contributed by atoms with Crippen molar-refractivity contribution in [2.45, 2.75) is 32.4 Å². The van der Waals surface area contributed by atoms with E-state index in [4.69, 9.17) is 9.47 Å². The van der Waals surface area contributed by atoms with Crippen molar-refractivity contribution >= 4 is 22.2 Å². The Morgan fingerprint density at radius 3 is 2.72 bits per heavy atom. The molecule has 1 aromatic heterocycles. The molecule has 2 atom stereocenters. The lowest BCUT2D eigenvalue weighted by molar-refractivity contribution is 0.0935. The smallest absolute Gasteiger partial charge is 0.256 e. The normalized spacial score (nSPS) is 21.6. The van der Waals surface area contributed by atoms with Crippen LogP contribution in [0.2, 0.25) is 0 Å². The minimum Gasteiger partial charge on any atom is -0.493 e. The Labute approximate surface area is 151 Å². The Morgan fingerprint density at radius 2 is 1.96 bits per heavy atom. The predicted octanol–water partition coefficient (Wildman–Crippen LogP) is 3.74. The van der Waals surface area contributed by atoms with Gasteiger partial charge in [-0.05, 0) is 48.4 Å². The van der Waals surface area contributed by atoms with Crippen molar-refractivity contribution in [3.05, 3.63) is 39.8 Å². The summed E-state index contributed by atoms with van der Waals surface area (Å²) in [5.74, 6) is 2.04. The van der Waals surface area contributed by atoms with Crippen LogP contribution in [0.5, 0.6) is 11.5 Å². The maximum absolute atomic E-state index is 12.8. The van der Waals surface area contributed by atoms with Gasteiger partial charge in [-0.15, -0.1) is 11.3 Å². The highest BCUT2D eigenvalue weighted by molar-refractivity contribution is 7.16. The molecule has 0 unspecified atom stereocenters. The fourth-order valence-corrected chi connectivity index (χ4v) is 5.10. The van der Waals surface area contributed by atoms with E-state index in [9.17, 15) is 4.79 Å². The molecule has 0 fully saturated rings. The van der Waals surface area contributed by atoms with Gasteiger partial charge in [0.25, 0.3) is 5.91 Å². The molecule has 2 aliphatic rings. The summed E-state index contributed by atoms with van der Waals surface area (Å²) in [5, 5.41) is 7.57. The monoisotopic (exact) mass is 358 g/mol. The standard InChI is InChI=1S/C19H22N2O3S/c1-10-4-6-12-15(8-10)25-19-16(12)18(22)20-17(21-19)11-5-7-13(23-2)14(9-11)24-3/h5,7,9-10,17,21H,4,6,8H2,1-3H3,(H,20,22)/t10-,17-/m0/s1. The van der Waals surface area contributed by atoms with Gasteiger partial charge < -0.3 is 20.1 Å². The first-order valence-electron chi connectivity index (χ1n) is 8.54. The Kier molecular flexibility index (Phi) is 4.07. The summed E-state index contributed by atoms with van der Waals surface area (Å²) in [6, 6.07) is 5.70. The molecule has 2 heterocycles. The van der Waals surface area contributed by atoms with Crippen LogP contribution in [0.15, 0.2) is 18.2 Å². The number of carbonyl (C=O) groups is 1. The molecule has 0 radical (unpaired) electrons. The Bertz CT molecular complexity index is 830. The van der Waals surface area contributed by atoms with E-state index in [2.05, 4.69) is 17.6 Å². The van der Waals surface area contributed by atoms with E-state index >= 15 is 0 Å². The van der Waals surface area contributed by atoms with E-state index in [1.165, 1.54) is 10.4 Å². The van der Waals surface area contributed by atoms with Gasteiger partial charge in [0.1, 0.15) is 11.2 Å². The second kappa shape index (κ2) is 6.26. The predicted molar refractivity (Wildman–Crippen MR) is 98.9 cm³/mol. The summed E-state index contributed by atoms with van der Waals surface area (Å²) in [5.41, 5.74) is 3.04. The van der Waals surface area contributed by atoms with Gasteiger partial charge >= 0.3 is 0 Å². The lowest BCUT2D eigenvalue weighted by atomic mass is 9.88. The molecule has 1 aliphatic carbocycles. The summed E-state index contributed by atoms with van der Waals surface area (Å²) in [4.78, 5) is 14.1. The van der Waals surface area contributed by atoms with Crippen LogP contribution in [0.25, 0.3) is 0 Å². The summed E-state index contributed by atoms with van der Waals surface area (Å²) in [6.07, 6.45) is 2.96. The highest BCUT2D eigenvalue weighted by Crippen LogP contribution is 2.43. The second-order valence-electron chi connectivity index (χ2n) is 6.72. The average Bonchev–Trinajstić information content (AvgIpc) is 2.98. The molecule has 132 valence electrons. The average molecular weight is 358 g/mol. The van der Waals surface area contributed by atoms with Crippen molar-refractivity contribution < 1.29 is 14.3 Å². The Hall–Kier alpha value is -2.21. The lowest BCUT2D eigenvalue weighted by Crippen LogP contribution is -2.38. The van der Waals surface area contributed by atoms with Crippen LogP contribution in [0.1, 0.15) is 45.9 Å². The van der Waals surface area contributed by atoms with Gasteiger partial charge in [0, 0.05) is 4.88 Å². The molecule has 1 amide bonds. The SMILES string of the molecule is COc1ccc([C@H]2NC(=O)c3c(sc4c3CC[C@H](C)C4)N2)cc1OC. The number of carbonyl (C=O) groups excluding carboxylic acids is 1. The highest BCUT2D eigenvalue weighted by Gasteiger charge is 2.33. The molecular weight excluding hydrogens is 336 g/mol. The molecule has 1 aromatic carbocycles. The number of benzene rings is 1. The molecular formula is C19H22N2O3S. The van der Waals surface area contributed by atoms with E-state index in [1.807, 2.05) is 18.2 Å². The van der Waals surface area contributed by atoms with Gasteiger partial charge in [-0.1, -0.05) is 13.0 Å². The second-order valence-corrected chi connectivity index (χ2v) is 7.83. The summed E-state index contributed by atoms with van der Waals surface area (Å²) >= 11 is 1.73. The molecule has 6 heteroatoms. The molecule has 0 saturated carbocycles. The van der Waals surface area contributed by atoms with E-state index < -0.39 is 0 Å². The van der Waals surface area contributed by atoms with Gasteiger partial charge in [-0.25, -0.2) is 0 Å². The van der Waals surface area contributed by atoms with Gasteiger partial charge in [0.2, 0.25) is 0 Å². The number of methoxy groups -OCH3 is 2. The van der Waals surface area contributed by atoms with E-state index in [-0.39, 0.29) is 12.1 Å². The zero-order valence-electron chi connectivity index (χ0n) is 14.6. The van der Waals surface area contributed by atoms with Crippen LogP contribution in [-0.4, -0.2) is 20.1 Å². The fourth-order valence-electron chi connectivity index (χ4n) is 3.66. The number of thiophene rings is 1. The van der Waals surface area contributed by atoms with Crippen molar-refractivity contribution in [1.29, 1.82) is 0 Å². The first-order valence-corrected chi connectivity index (χ1v) is 9.36. The highest BCUT2D eigenvalue weighted by atomic mass is 32.1. The van der Waals surface area contributed by atoms with Crippen LogP contribution in [0.4, 0.5) is 5.00 Å². The fraction of sp³-hybridized carbons (Fsp3) is 0.421. The molecule has 2 N–H and O–H groups in total. The lowest BCUT2D eigenvalue weighted by Gasteiger charge is -2.27. The van der Waals surface area contributed by atoms with Gasteiger partial charge in [-0.3, -0.25) is 4.79 Å². The number of anilines is 1. The zero-order valence-corrected chi connectivity index (χ0v) is 15.5. The van der Waals surface area contributed by atoms with Crippen molar-refractivity contribution in [1.82, 2.24) is 5.32 Å². The third kappa shape index (κ3) is 2.74. The molecule has 0 saturated heterocycles. The number of hydrogen-bond acceptors (Lipinski definition) is 5. The van der Waals surface area contributed by atoms with Crippen LogP contribution in [-0.2, 0) is 12.8 Å². The van der Waals surface area contributed by atoms with Crippen molar-refractivity contribution in [2.24, 2.45) is 5.92 Å². The number of ether oxygens (including phenoxy) is 2. The van der Waals surface area contributed by atoms with E-state index in [1.54, 1.807) is 25.6 Å². The van der Waals surface area contributed by atoms with Crippen LogP contribution in [0, 0.1) is 5.92 Å². The van der Waals surface area contributed by atoms with E-state index in [0.29, 0.717) is 17.4 Å². The summed E-state index contributed by atoms with van der Waals surface area (Å²) in [6.45, 7) is 2.28. The van der Waals surface area contributed by atoms with Crippen molar-refractivity contribution in [3.8, 4) is 11.5 Å². The quantitative estimate of drug-likeness (QED) is 0.877. The Balaban J connectivity index is 1.67. The minimum absolute atomic E-state index is 0.0144. The Morgan fingerprint density at radius 1 is 1.16 bits per heavy atom. The number of hydrogen-bond donors (Lipinski definition) is 2. The summed E-state index contributed by atoms with van der Waals surface area (Å²) < 4.78 is 10.7. The number of rotatable bonds is 3. The molecule has 1 aliphatic heterocycles. The van der Waals surface area contributed by atoms with Crippen molar-refractivity contribution in [3.63, 3.8) is 0 Å². The third-order valence-electron chi connectivity index (χ3n) is 5.03. The molecule has 2 aromatic rings. The molecule has 0 spiro atoms. The van der Waals surface area contributed by atoms with Gasteiger partial charge in [0.15, 0.2) is 11.5 Å². The topological polar surface area (TPSA) is 59.6 Å². The van der Waals surface area contributed by atoms with Crippen LogP contribution < -0.4 is 20.1 Å². The van der Waals surface area contributed by atoms with Crippen LogP contribution >= 0.6 is 11.3 Å². The van der Waals surface area contributed by atoms with Crippen molar-refractivity contribution in [2.75, 3.05) is 19.5 Å². The summed E-state index contributed by atoms with van der Waals surface area (Å²) in [7, 11) is 3.22. The largest absolute Gasteiger partial charge is 0.493 e. The maximum atomic E-state index is 12.8. The first-order chi connectivity index (χ1) is 12.1. The zero-order chi connectivity index (χ0) is 17.6. The number of fused-ring (bicyclic) bond motifs is 3. The maximum Gasteiger partial charge on any atom is 0.256 e. The molecule has 25 heavy (non-hydrogen) atoms. The minimum atomic E-state index is -0.266. The van der Waals surface area contributed by atoms with Gasteiger partial charge in [-0.2, -0.15) is 0 Å². The number of amides is 1. The molecule has 5 nitrogen and oxygen atoms in total.